The van der Waals surface area contributed by atoms with Crippen LogP contribution in [-0.2, 0) is 11.2 Å². The molecule has 0 radical (unpaired) electrons. The zero-order valence-corrected chi connectivity index (χ0v) is 21.0. The number of nitrogens with zero attached hydrogens (tertiary/aromatic N) is 5. The third kappa shape index (κ3) is 7.31. The summed E-state index contributed by atoms with van der Waals surface area (Å²) in [5.74, 6) is -1.48. The van der Waals surface area contributed by atoms with Gasteiger partial charge in [-0.15, -0.1) is 23.4 Å². The molecule has 2 aromatic heterocycles. The van der Waals surface area contributed by atoms with Crippen molar-refractivity contribution in [1.82, 2.24) is 25.0 Å². The molecule has 4 rings (SSSR count). The molecule has 3 aromatic rings. The van der Waals surface area contributed by atoms with Crippen LogP contribution in [0.5, 0.6) is 5.75 Å². The standard InChI is InChI=1S/C24H25F3N6O3S/c1-15-5-6-28-13-17(15)23-31-30-22(37-23)12-19(34)16-3-4-20(36-24(25,26)27)18(11-16)29-21(35)14-33-9-7-32(2)8-10-33/h3-6,11,13H,7-10,12,14H2,1-2H3,(H,29,35). The fraction of sp³-hybridized carbons (Fsp3) is 0.375. The summed E-state index contributed by atoms with van der Waals surface area (Å²) in [6.07, 6.45) is -1.74. The quantitative estimate of drug-likeness (QED) is 0.439. The Labute approximate surface area is 215 Å². The van der Waals surface area contributed by atoms with E-state index in [9.17, 15) is 22.8 Å². The predicted molar refractivity (Wildman–Crippen MR) is 132 cm³/mol. The highest BCUT2D eigenvalue weighted by Crippen LogP contribution is 2.32. The molecule has 1 saturated heterocycles. The molecule has 1 amide bonds. The van der Waals surface area contributed by atoms with Crippen LogP contribution in [0, 0.1) is 6.92 Å². The van der Waals surface area contributed by atoms with E-state index in [1.54, 1.807) is 12.4 Å². The van der Waals surface area contributed by atoms with Gasteiger partial charge in [0.1, 0.15) is 10.0 Å². The van der Waals surface area contributed by atoms with Gasteiger partial charge in [0.2, 0.25) is 5.91 Å². The lowest BCUT2D eigenvalue weighted by Crippen LogP contribution is -2.47. The molecule has 13 heteroatoms. The van der Waals surface area contributed by atoms with Crippen LogP contribution < -0.4 is 10.1 Å². The number of aryl methyl sites for hydroxylation is 1. The zero-order valence-electron chi connectivity index (χ0n) is 20.2. The molecule has 0 spiro atoms. The van der Waals surface area contributed by atoms with Gasteiger partial charge in [-0.2, -0.15) is 0 Å². The number of pyridine rings is 1. The van der Waals surface area contributed by atoms with Crippen molar-refractivity contribution in [2.24, 2.45) is 0 Å². The molecule has 3 heterocycles. The van der Waals surface area contributed by atoms with Crippen molar-refractivity contribution >= 4 is 28.7 Å². The van der Waals surface area contributed by atoms with Gasteiger partial charge in [-0.3, -0.25) is 19.5 Å². The summed E-state index contributed by atoms with van der Waals surface area (Å²) < 4.78 is 42.9. The number of carbonyl (C=O) groups excluding carboxylic acids is 2. The van der Waals surface area contributed by atoms with Crippen LogP contribution in [0.2, 0.25) is 0 Å². The van der Waals surface area contributed by atoms with E-state index in [2.05, 4.69) is 30.1 Å². The normalized spacial score (nSPS) is 14.9. The first kappa shape index (κ1) is 26.6. The van der Waals surface area contributed by atoms with E-state index in [0.29, 0.717) is 23.1 Å². The average Bonchev–Trinajstić information content (AvgIpc) is 3.29. The van der Waals surface area contributed by atoms with Gasteiger partial charge in [0.05, 0.1) is 18.7 Å². The Bertz CT molecular complexity index is 1270. The molecule has 1 aromatic carbocycles. The van der Waals surface area contributed by atoms with E-state index in [1.807, 2.05) is 24.9 Å². The molecule has 37 heavy (non-hydrogen) atoms. The monoisotopic (exact) mass is 534 g/mol. The molecule has 1 aliphatic rings. The summed E-state index contributed by atoms with van der Waals surface area (Å²) in [6.45, 7) is 4.82. The smallest absolute Gasteiger partial charge is 0.404 e. The van der Waals surface area contributed by atoms with Gasteiger partial charge in [0.25, 0.3) is 0 Å². The van der Waals surface area contributed by atoms with Crippen LogP contribution in [0.4, 0.5) is 18.9 Å². The van der Waals surface area contributed by atoms with Crippen molar-refractivity contribution in [3.8, 4) is 16.3 Å². The number of piperazine rings is 1. The molecule has 0 bridgehead atoms. The minimum absolute atomic E-state index is 0.0127. The lowest BCUT2D eigenvalue weighted by atomic mass is 10.1. The molecule has 9 nitrogen and oxygen atoms in total. The van der Waals surface area contributed by atoms with E-state index in [1.165, 1.54) is 23.5 Å². The number of alkyl halides is 3. The summed E-state index contributed by atoms with van der Waals surface area (Å²) >= 11 is 1.23. The number of hydrogen-bond acceptors (Lipinski definition) is 9. The van der Waals surface area contributed by atoms with Gasteiger partial charge in [-0.05, 0) is 43.8 Å². The van der Waals surface area contributed by atoms with E-state index in [-0.39, 0.29) is 24.2 Å². The Morgan fingerprint density at radius 1 is 1.14 bits per heavy atom. The minimum Gasteiger partial charge on any atom is -0.404 e. The topological polar surface area (TPSA) is 101 Å². The predicted octanol–water partition coefficient (Wildman–Crippen LogP) is 3.42. The van der Waals surface area contributed by atoms with Gasteiger partial charge in [0.15, 0.2) is 11.5 Å². The molecule has 0 unspecified atom stereocenters. The maximum atomic E-state index is 13.0. The number of nitrogens with one attached hydrogen (secondary N) is 1. The Balaban J connectivity index is 1.49. The maximum absolute atomic E-state index is 13.0. The molecule has 1 N–H and O–H groups in total. The lowest BCUT2D eigenvalue weighted by Gasteiger charge is -2.31. The molecule has 0 atom stereocenters. The number of ether oxygens (including phenoxy) is 1. The van der Waals surface area contributed by atoms with Crippen LogP contribution >= 0.6 is 11.3 Å². The Morgan fingerprint density at radius 3 is 2.59 bits per heavy atom. The molecule has 196 valence electrons. The van der Waals surface area contributed by atoms with Crippen molar-refractivity contribution in [2.45, 2.75) is 19.7 Å². The van der Waals surface area contributed by atoms with Crippen molar-refractivity contribution in [3.63, 3.8) is 0 Å². The second-order valence-corrected chi connectivity index (χ2v) is 9.74. The van der Waals surface area contributed by atoms with Gasteiger partial charge in [-0.1, -0.05) is 11.3 Å². The van der Waals surface area contributed by atoms with Crippen LogP contribution in [0.15, 0.2) is 36.7 Å². The fourth-order valence-corrected chi connectivity index (χ4v) is 4.69. The van der Waals surface area contributed by atoms with Gasteiger partial charge in [0, 0.05) is 49.7 Å². The lowest BCUT2D eigenvalue weighted by molar-refractivity contribution is -0.274. The van der Waals surface area contributed by atoms with Crippen molar-refractivity contribution in [3.05, 3.63) is 52.8 Å². The third-order valence-corrected chi connectivity index (χ3v) is 6.77. The molecule has 1 aliphatic heterocycles. The highest BCUT2D eigenvalue weighted by molar-refractivity contribution is 7.14. The number of amides is 1. The van der Waals surface area contributed by atoms with Crippen LogP contribution in [0.25, 0.3) is 10.6 Å². The summed E-state index contributed by atoms with van der Waals surface area (Å²) in [5.41, 5.74) is 1.64. The number of hydrogen-bond donors (Lipinski definition) is 1. The molecule has 0 aliphatic carbocycles. The first-order valence-electron chi connectivity index (χ1n) is 11.4. The summed E-state index contributed by atoms with van der Waals surface area (Å²) in [5, 5.41) is 11.7. The second kappa shape index (κ2) is 11.3. The number of Topliss-reactive ketones (excluding diaryl/α,β-unsaturated/α-hetero) is 1. The second-order valence-electron chi connectivity index (χ2n) is 8.68. The number of likely N-dealkylation sites (N-methyl/N-ethyl adjacent to an activating group) is 1. The number of rotatable bonds is 8. The largest absolute Gasteiger partial charge is 0.573 e. The molecule has 0 saturated carbocycles. The van der Waals surface area contributed by atoms with E-state index in [4.69, 9.17) is 0 Å². The first-order chi connectivity index (χ1) is 17.6. The molecular weight excluding hydrogens is 509 g/mol. The van der Waals surface area contributed by atoms with Gasteiger partial charge in [-0.25, -0.2) is 0 Å². The molecular formula is C24H25F3N6O3S. The summed E-state index contributed by atoms with van der Waals surface area (Å²) in [7, 11) is 1.98. The Kier molecular flexibility index (Phi) is 8.15. The number of ketones is 1. The summed E-state index contributed by atoms with van der Waals surface area (Å²) in [6, 6.07) is 5.29. The van der Waals surface area contributed by atoms with E-state index in [0.717, 1.165) is 30.3 Å². The third-order valence-electron chi connectivity index (χ3n) is 5.81. The number of anilines is 1. The average molecular weight is 535 g/mol. The van der Waals surface area contributed by atoms with Crippen LogP contribution in [0.3, 0.4) is 0 Å². The highest BCUT2D eigenvalue weighted by atomic mass is 32.1. The Morgan fingerprint density at radius 2 is 1.89 bits per heavy atom. The van der Waals surface area contributed by atoms with Gasteiger partial charge < -0.3 is 15.0 Å². The molecule has 1 fully saturated rings. The SMILES string of the molecule is Cc1ccncc1-c1nnc(CC(=O)c2ccc(OC(F)(F)F)c(NC(=O)CN3CCN(C)CC3)c2)s1. The highest BCUT2D eigenvalue weighted by Gasteiger charge is 2.33. The minimum atomic E-state index is -4.96. The van der Waals surface area contributed by atoms with Crippen LogP contribution in [0.1, 0.15) is 20.9 Å². The summed E-state index contributed by atoms with van der Waals surface area (Å²) in [4.78, 5) is 33.7. The first-order valence-corrected chi connectivity index (χ1v) is 12.3. The Hall–Kier alpha value is -3.42. The van der Waals surface area contributed by atoms with E-state index >= 15 is 0 Å². The van der Waals surface area contributed by atoms with Crippen molar-refractivity contribution in [1.29, 1.82) is 0 Å². The zero-order chi connectivity index (χ0) is 26.6. The number of aromatic nitrogens is 3. The fourth-order valence-electron chi connectivity index (χ4n) is 3.77. The number of halogens is 3. The van der Waals surface area contributed by atoms with Crippen molar-refractivity contribution in [2.75, 3.05) is 45.1 Å². The number of carbonyl (C=O) groups is 2. The van der Waals surface area contributed by atoms with Crippen LogP contribution in [-0.4, -0.2) is 82.8 Å². The van der Waals surface area contributed by atoms with E-state index < -0.39 is 23.8 Å². The van der Waals surface area contributed by atoms with Gasteiger partial charge >= 0.3 is 6.36 Å². The maximum Gasteiger partial charge on any atom is 0.573 e. The number of benzene rings is 1. The van der Waals surface area contributed by atoms with Crippen molar-refractivity contribution < 1.29 is 27.5 Å².